The van der Waals surface area contributed by atoms with Gasteiger partial charge in [-0.1, -0.05) is 6.42 Å². The highest BCUT2D eigenvalue weighted by Gasteiger charge is 2.32. The van der Waals surface area contributed by atoms with Crippen LogP contribution in [0.2, 0.25) is 0 Å². The molecule has 0 radical (unpaired) electrons. The monoisotopic (exact) mass is 293 g/mol. The fourth-order valence-corrected chi connectivity index (χ4v) is 4.11. The van der Waals surface area contributed by atoms with Crippen LogP contribution in [0.3, 0.4) is 0 Å². The van der Waals surface area contributed by atoms with Crippen LogP contribution in [0.1, 0.15) is 32.6 Å². The van der Waals surface area contributed by atoms with Gasteiger partial charge >= 0.3 is 0 Å². The van der Waals surface area contributed by atoms with Gasteiger partial charge in [0.15, 0.2) is 0 Å². The number of piperidine rings is 1. The van der Waals surface area contributed by atoms with Crippen molar-refractivity contribution in [2.45, 2.75) is 44.7 Å². The maximum atomic E-state index is 12.4. The summed E-state index contributed by atoms with van der Waals surface area (Å²) in [4.78, 5) is 0. The second-order valence-electron chi connectivity index (χ2n) is 5.12. The zero-order valence-electron chi connectivity index (χ0n) is 12.2. The summed E-state index contributed by atoms with van der Waals surface area (Å²) in [6, 6.07) is -0.0482. The standard InChI is InChI=1S/C12H27N3O3S/c1-11(7-9-18-3)14-19(16,17)15-8-5-4-6-12(15)10-13-2/h11-14H,4-10H2,1-3H3. The molecule has 6 nitrogen and oxygen atoms in total. The van der Waals surface area contributed by atoms with Crippen molar-refractivity contribution in [1.82, 2.24) is 14.3 Å². The molecule has 0 bridgehead atoms. The van der Waals surface area contributed by atoms with Crippen LogP contribution in [-0.2, 0) is 14.9 Å². The largest absolute Gasteiger partial charge is 0.385 e. The average Bonchev–Trinajstić information content (AvgIpc) is 2.37. The fraction of sp³-hybridized carbons (Fsp3) is 1.00. The molecule has 0 aromatic rings. The third kappa shape index (κ3) is 5.35. The fourth-order valence-electron chi connectivity index (χ4n) is 2.41. The Morgan fingerprint density at radius 3 is 2.79 bits per heavy atom. The summed E-state index contributed by atoms with van der Waals surface area (Å²) in [5, 5.41) is 3.07. The molecule has 1 rings (SSSR count). The zero-order chi connectivity index (χ0) is 14.3. The minimum Gasteiger partial charge on any atom is -0.385 e. The molecule has 19 heavy (non-hydrogen) atoms. The van der Waals surface area contributed by atoms with Gasteiger partial charge in [0.1, 0.15) is 0 Å². The Balaban J connectivity index is 2.62. The van der Waals surface area contributed by atoms with Crippen LogP contribution < -0.4 is 10.0 Å². The summed E-state index contributed by atoms with van der Waals surface area (Å²) in [5.74, 6) is 0. The van der Waals surface area contributed by atoms with Crippen molar-refractivity contribution in [3.05, 3.63) is 0 Å². The number of nitrogens with one attached hydrogen (secondary N) is 2. The lowest BCUT2D eigenvalue weighted by Crippen LogP contribution is -2.53. The van der Waals surface area contributed by atoms with Crippen LogP contribution in [-0.4, -0.2) is 58.7 Å². The highest BCUT2D eigenvalue weighted by Crippen LogP contribution is 2.19. The molecule has 2 unspecified atom stereocenters. The Labute approximate surface area is 117 Å². The smallest absolute Gasteiger partial charge is 0.279 e. The summed E-state index contributed by atoms with van der Waals surface area (Å²) in [6.45, 7) is 3.74. The normalized spacial score (nSPS) is 23.4. The van der Waals surface area contributed by atoms with Crippen LogP contribution in [0.5, 0.6) is 0 Å². The molecular formula is C12H27N3O3S. The van der Waals surface area contributed by atoms with Gasteiger partial charge in [0.05, 0.1) is 0 Å². The van der Waals surface area contributed by atoms with Crippen LogP contribution in [0.25, 0.3) is 0 Å². The Bertz CT molecular complexity index is 346. The van der Waals surface area contributed by atoms with Gasteiger partial charge in [-0.25, -0.2) is 0 Å². The molecule has 1 aliphatic rings. The van der Waals surface area contributed by atoms with Gasteiger partial charge in [-0.15, -0.1) is 0 Å². The number of likely N-dealkylation sites (N-methyl/N-ethyl adjacent to an activating group) is 1. The van der Waals surface area contributed by atoms with Crippen LogP contribution >= 0.6 is 0 Å². The predicted molar refractivity (Wildman–Crippen MR) is 76.3 cm³/mol. The molecular weight excluding hydrogens is 266 g/mol. The molecule has 0 aliphatic carbocycles. The van der Waals surface area contributed by atoms with E-state index in [1.54, 1.807) is 11.4 Å². The van der Waals surface area contributed by atoms with Crippen molar-refractivity contribution in [2.24, 2.45) is 0 Å². The van der Waals surface area contributed by atoms with E-state index in [0.717, 1.165) is 19.3 Å². The van der Waals surface area contributed by atoms with E-state index in [9.17, 15) is 8.42 Å². The molecule has 0 aromatic carbocycles. The average molecular weight is 293 g/mol. The molecule has 2 N–H and O–H groups in total. The molecule has 2 atom stereocenters. The first-order valence-electron chi connectivity index (χ1n) is 6.94. The van der Waals surface area contributed by atoms with Gasteiger partial charge in [0, 0.05) is 38.9 Å². The second-order valence-corrected chi connectivity index (χ2v) is 6.78. The highest BCUT2D eigenvalue weighted by molar-refractivity contribution is 7.87. The van der Waals surface area contributed by atoms with E-state index in [-0.39, 0.29) is 12.1 Å². The Hall–Kier alpha value is -0.210. The summed E-state index contributed by atoms with van der Waals surface area (Å²) in [5.41, 5.74) is 0. The van der Waals surface area contributed by atoms with E-state index >= 15 is 0 Å². The van der Waals surface area contributed by atoms with Gasteiger partial charge < -0.3 is 10.1 Å². The Morgan fingerprint density at radius 2 is 2.16 bits per heavy atom. The van der Waals surface area contributed by atoms with Crippen molar-refractivity contribution < 1.29 is 13.2 Å². The van der Waals surface area contributed by atoms with Gasteiger partial charge in [-0.3, -0.25) is 0 Å². The molecule has 0 amide bonds. The minimum atomic E-state index is -3.40. The lowest BCUT2D eigenvalue weighted by Gasteiger charge is -2.35. The minimum absolute atomic E-state index is 0.0610. The molecule has 1 heterocycles. The van der Waals surface area contributed by atoms with Gasteiger partial charge in [0.2, 0.25) is 0 Å². The summed E-state index contributed by atoms with van der Waals surface area (Å²) in [7, 11) is 0.0785. The molecule has 0 aromatic heterocycles. The molecule has 7 heteroatoms. The maximum absolute atomic E-state index is 12.4. The van der Waals surface area contributed by atoms with Crippen molar-refractivity contribution >= 4 is 10.2 Å². The van der Waals surface area contributed by atoms with E-state index in [0.29, 0.717) is 26.1 Å². The third-order valence-corrected chi connectivity index (χ3v) is 5.23. The zero-order valence-corrected chi connectivity index (χ0v) is 13.0. The molecule has 1 saturated heterocycles. The van der Waals surface area contributed by atoms with Gasteiger partial charge in [-0.2, -0.15) is 17.4 Å². The first-order valence-corrected chi connectivity index (χ1v) is 8.38. The van der Waals surface area contributed by atoms with Crippen LogP contribution in [0, 0.1) is 0 Å². The van der Waals surface area contributed by atoms with Crippen molar-refractivity contribution in [2.75, 3.05) is 33.9 Å². The number of nitrogens with zero attached hydrogens (tertiary/aromatic N) is 1. The van der Waals surface area contributed by atoms with E-state index < -0.39 is 10.2 Å². The molecule has 1 fully saturated rings. The molecule has 0 saturated carbocycles. The SMILES string of the molecule is CNCC1CCCCN1S(=O)(=O)NC(C)CCOC. The van der Waals surface area contributed by atoms with Crippen molar-refractivity contribution in [3.63, 3.8) is 0 Å². The van der Waals surface area contributed by atoms with Gasteiger partial charge in [0.25, 0.3) is 10.2 Å². The van der Waals surface area contributed by atoms with Crippen molar-refractivity contribution in [1.29, 1.82) is 0 Å². The molecule has 0 spiro atoms. The van der Waals surface area contributed by atoms with Gasteiger partial charge in [-0.05, 0) is 33.2 Å². The maximum Gasteiger partial charge on any atom is 0.279 e. The Kier molecular flexibility index (Phi) is 7.23. The van der Waals surface area contributed by atoms with Crippen LogP contribution in [0.4, 0.5) is 0 Å². The number of ether oxygens (including phenoxy) is 1. The van der Waals surface area contributed by atoms with E-state index in [1.807, 2.05) is 14.0 Å². The first-order chi connectivity index (χ1) is 9.01. The highest BCUT2D eigenvalue weighted by atomic mass is 32.2. The topological polar surface area (TPSA) is 70.7 Å². The molecule has 1 aliphatic heterocycles. The first kappa shape index (κ1) is 16.8. The number of rotatable bonds is 8. The number of hydrogen-bond acceptors (Lipinski definition) is 4. The second kappa shape index (κ2) is 8.16. The van der Waals surface area contributed by atoms with Crippen molar-refractivity contribution in [3.8, 4) is 0 Å². The lowest BCUT2D eigenvalue weighted by molar-refractivity contribution is 0.186. The predicted octanol–water partition coefficient (Wildman–Crippen LogP) is 0.320. The van der Waals surface area contributed by atoms with Crippen LogP contribution in [0.15, 0.2) is 0 Å². The van der Waals surface area contributed by atoms with E-state index in [4.69, 9.17) is 4.74 Å². The van der Waals surface area contributed by atoms with E-state index in [2.05, 4.69) is 10.0 Å². The summed E-state index contributed by atoms with van der Waals surface area (Å²) in [6.07, 6.45) is 3.64. The summed E-state index contributed by atoms with van der Waals surface area (Å²) >= 11 is 0. The third-order valence-electron chi connectivity index (χ3n) is 3.43. The number of methoxy groups -OCH3 is 1. The lowest BCUT2D eigenvalue weighted by atomic mass is 10.1. The van der Waals surface area contributed by atoms with E-state index in [1.165, 1.54) is 0 Å². The Morgan fingerprint density at radius 1 is 1.42 bits per heavy atom. The quantitative estimate of drug-likeness (QED) is 0.676. The molecule has 114 valence electrons. The number of hydrogen-bond donors (Lipinski definition) is 2. The summed E-state index contributed by atoms with van der Waals surface area (Å²) < 4.78 is 34.1.